The lowest BCUT2D eigenvalue weighted by molar-refractivity contribution is 0.0512. The van der Waals surface area contributed by atoms with E-state index in [4.69, 9.17) is 19.2 Å². The zero-order valence-corrected chi connectivity index (χ0v) is 31.3. The van der Waals surface area contributed by atoms with Crippen molar-refractivity contribution in [2.45, 2.75) is 96.1 Å². The van der Waals surface area contributed by atoms with Crippen molar-refractivity contribution >= 4 is 29.7 Å². The monoisotopic (exact) mass is 704 g/mol. The van der Waals surface area contributed by atoms with Crippen molar-refractivity contribution in [1.29, 1.82) is 0 Å². The molecule has 4 aromatic rings. The van der Waals surface area contributed by atoms with E-state index in [-0.39, 0.29) is 36.2 Å². The number of pyridine rings is 1. The molecular formula is C39H47F3N4O3Si. The molecule has 0 spiro atoms. The molecule has 6 rings (SSSR count). The molecular weight excluding hydrogens is 658 g/mol. The minimum atomic E-state index is -2.25. The van der Waals surface area contributed by atoms with Crippen molar-refractivity contribution in [3.63, 3.8) is 0 Å². The Balaban J connectivity index is 1.52. The molecule has 0 radical (unpaired) electrons. The van der Waals surface area contributed by atoms with Crippen molar-refractivity contribution in [1.82, 2.24) is 19.9 Å². The average Bonchev–Trinajstić information content (AvgIpc) is 3.60. The number of hydrogen-bond donors (Lipinski definition) is 0. The first kappa shape index (κ1) is 36.1. The number of halogens is 3. The topological polar surface area (TPSA) is 69.6 Å². The predicted octanol–water partition coefficient (Wildman–Crippen LogP) is 8.94. The lowest BCUT2D eigenvalue weighted by Gasteiger charge is -2.38. The molecule has 7 nitrogen and oxygen atoms in total. The second kappa shape index (κ2) is 14.1. The summed E-state index contributed by atoms with van der Waals surface area (Å²) in [6.45, 7) is 16.4. The molecule has 0 aliphatic carbocycles. The summed E-state index contributed by atoms with van der Waals surface area (Å²) in [5.74, 6) is 2.52. The number of ether oxygens (including phenoxy) is 3. The summed E-state index contributed by atoms with van der Waals surface area (Å²) in [5, 5.41) is 1.49. The highest BCUT2D eigenvalue weighted by Crippen LogP contribution is 2.43. The Hall–Kier alpha value is -3.72. The lowest BCUT2D eigenvalue weighted by Crippen LogP contribution is -2.43. The Morgan fingerprint density at radius 1 is 1.04 bits per heavy atom. The summed E-state index contributed by atoms with van der Waals surface area (Å²) in [5.41, 5.74) is 5.28. The van der Waals surface area contributed by atoms with Gasteiger partial charge >= 0.3 is 6.01 Å². The van der Waals surface area contributed by atoms with Gasteiger partial charge in [0.25, 0.3) is 0 Å². The Morgan fingerprint density at radius 2 is 1.78 bits per heavy atom. The summed E-state index contributed by atoms with van der Waals surface area (Å²) >= 11 is 0. The number of benzene rings is 2. The van der Waals surface area contributed by atoms with Crippen molar-refractivity contribution in [2.24, 2.45) is 0 Å². The van der Waals surface area contributed by atoms with Crippen LogP contribution in [0.15, 0.2) is 30.5 Å². The quantitative estimate of drug-likeness (QED) is 0.0928. The van der Waals surface area contributed by atoms with Crippen LogP contribution in [-0.2, 0) is 4.74 Å². The van der Waals surface area contributed by atoms with E-state index in [0.29, 0.717) is 62.8 Å². The number of nitrogens with zero attached hydrogens (tertiary/aromatic N) is 4. The van der Waals surface area contributed by atoms with Crippen LogP contribution in [0.3, 0.4) is 0 Å². The molecule has 2 atom stereocenters. The second-order valence-electron chi connectivity index (χ2n) is 14.8. The minimum absolute atomic E-state index is 0.00785. The third-order valence-electron chi connectivity index (χ3n) is 11.0. The van der Waals surface area contributed by atoms with Gasteiger partial charge in [0.2, 0.25) is 0 Å². The molecule has 0 amide bonds. The average molecular weight is 705 g/mol. The molecule has 2 aromatic heterocycles. The van der Waals surface area contributed by atoms with E-state index >= 15 is 8.78 Å². The van der Waals surface area contributed by atoms with Crippen LogP contribution in [-0.4, -0.2) is 73.2 Å². The van der Waals surface area contributed by atoms with Crippen LogP contribution in [0.25, 0.3) is 32.9 Å². The Bertz CT molecular complexity index is 1960. The largest absolute Gasteiger partial charge is 0.468 e. The summed E-state index contributed by atoms with van der Waals surface area (Å²) in [4.78, 5) is 15.7. The van der Waals surface area contributed by atoms with Gasteiger partial charge in [0.1, 0.15) is 43.6 Å². The van der Waals surface area contributed by atoms with E-state index < -0.39 is 31.4 Å². The molecule has 266 valence electrons. The second-order valence-corrected chi connectivity index (χ2v) is 20.4. The zero-order valence-electron chi connectivity index (χ0n) is 30.3. The van der Waals surface area contributed by atoms with Gasteiger partial charge in [-0.25, -0.2) is 23.1 Å². The molecule has 0 N–H and O–H groups in total. The molecule has 2 aliphatic heterocycles. The van der Waals surface area contributed by atoms with Crippen LogP contribution in [0.4, 0.5) is 13.2 Å². The molecule has 11 heteroatoms. The summed E-state index contributed by atoms with van der Waals surface area (Å²) < 4.78 is 64.3. The number of aryl methyl sites for hydroxylation is 1. The van der Waals surface area contributed by atoms with E-state index in [2.05, 4.69) is 67.9 Å². The highest BCUT2D eigenvalue weighted by molar-refractivity contribution is 6.90. The maximum absolute atomic E-state index is 16.9. The first-order valence-corrected chi connectivity index (χ1v) is 19.8. The van der Waals surface area contributed by atoms with Crippen molar-refractivity contribution < 1.29 is 27.4 Å². The molecule has 2 aromatic carbocycles. The van der Waals surface area contributed by atoms with Crippen LogP contribution in [0.2, 0.25) is 16.6 Å². The summed E-state index contributed by atoms with van der Waals surface area (Å²) in [6.07, 6.45) is 2.80. The molecule has 50 heavy (non-hydrogen) atoms. The van der Waals surface area contributed by atoms with Crippen LogP contribution in [0, 0.1) is 30.0 Å². The number of methoxy groups -OCH3 is 1. The molecule has 4 heterocycles. The summed E-state index contributed by atoms with van der Waals surface area (Å²) in [7, 11) is -0.739. The van der Waals surface area contributed by atoms with Crippen molar-refractivity contribution in [3.8, 4) is 34.5 Å². The fourth-order valence-electron chi connectivity index (χ4n) is 8.62. The smallest absolute Gasteiger partial charge is 0.317 e. The Labute approximate surface area is 294 Å². The number of fused-ring (bicyclic) bond motifs is 3. The van der Waals surface area contributed by atoms with E-state index in [1.165, 1.54) is 19.4 Å². The van der Waals surface area contributed by atoms with Gasteiger partial charge < -0.3 is 14.2 Å². The summed E-state index contributed by atoms with van der Waals surface area (Å²) in [6, 6.07) is 6.48. The predicted molar refractivity (Wildman–Crippen MR) is 194 cm³/mol. The number of aromatic nitrogens is 3. The van der Waals surface area contributed by atoms with Crippen molar-refractivity contribution in [2.75, 3.05) is 33.6 Å². The highest BCUT2D eigenvalue weighted by atomic mass is 28.3. The van der Waals surface area contributed by atoms with Crippen molar-refractivity contribution in [3.05, 3.63) is 53.4 Å². The molecule has 0 saturated carbocycles. The first-order valence-electron chi connectivity index (χ1n) is 17.6. The van der Waals surface area contributed by atoms with Gasteiger partial charge in [-0.15, -0.1) is 5.54 Å². The molecule has 2 aliphatic rings. The fourth-order valence-corrected chi connectivity index (χ4v) is 13.8. The van der Waals surface area contributed by atoms with Crippen LogP contribution >= 0.6 is 0 Å². The van der Waals surface area contributed by atoms with Gasteiger partial charge in [0, 0.05) is 48.3 Å². The molecule has 2 fully saturated rings. The van der Waals surface area contributed by atoms with Crippen LogP contribution in [0.1, 0.15) is 72.1 Å². The van der Waals surface area contributed by atoms with Gasteiger partial charge in [-0.2, -0.15) is 4.98 Å². The van der Waals surface area contributed by atoms with Crippen LogP contribution in [0.5, 0.6) is 11.8 Å². The Morgan fingerprint density at radius 3 is 2.48 bits per heavy atom. The Kier molecular flexibility index (Phi) is 10.2. The van der Waals surface area contributed by atoms with Gasteiger partial charge in [-0.05, 0) is 66.5 Å². The van der Waals surface area contributed by atoms with Crippen LogP contribution < -0.4 is 9.47 Å². The van der Waals surface area contributed by atoms with E-state index in [1.54, 1.807) is 25.1 Å². The third kappa shape index (κ3) is 6.35. The van der Waals surface area contributed by atoms with Gasteiger partial charge in [0.05, 0.1) is 11.1 Å². The molecule has 0 bridgehead atoms. The lowest BCUT2D eigenvalue weighted by atomic mass is 9.95. The van der Waals surface area contributed by atoms with Gasteiger partial charge in [-0.3, -0.25) is 4.90 Å². The van der Waals surface area contributed by atoms with E-state index in [9.17, 15) is 4.39 Å². The standard InChI is InChI=1S/C39H47F3N4O3Si/c1-23(2)50(24(3)4,25(5)6)15-12-30-33(41)11-10-27-16-29(49-22-47-8)17-31(34(27)30)36-35(42)37-32(26(7)44-36)19-43-38(45-37)48-21-39-13-9-14-46(39)20-28(40)18-39/h10-11,16-17,19,23-25,28H,9,13-14,18,20-22H2,1-8H3/t28-,39+/m1/s1. The first-order chi connectivity index (χ1) is 23.8. The zero-order chi connectivity index (χ0) is 36.0. The fraction of sp³-hybridized carbons (Fsp3) is 0.513. The number of hydrogen-bond acceptors (Lipinski definition) is 7. The maximum atomic E-state index is 16.9. The maximum Gasteiger partial charge on any atom is 0.317 e. The molecule has 0 unspecified atom stereocenters. The SMILES string of the molecule is COCOc1cc(-c2nc(C)c3cnc(OC[C@@]45CCCN4C[C@H](F)C5)nc3c2F)c2c(C#C[Si](C(C)C)(C(C)C)C(C)C)c(F)ccc2c1. The van der Waals surface area contributed by atoms with Gasteiger partial charge in [-0.1, -0.05) is 53.5 Å². The number of rotatable bonds is 10. The minimum Gasteiger partial charge on any atom is -0.468 e. The van der Waals surface area contributed by atoms with E-state index in [1.807, 2.05) is 0 Å². The normalized spacial score (nSPS) is 19.5. The molecule has 2 saturated heterocycles. The third-order valence-corrected chi connectivity index (χ3v) is 17.3. The van der Waals surface area contributed by atoms with E-state index in [0.717, 1.165) is 19.4 Å². The highest BCUT2D eigenvalue weighted by Gasteiger charge is 2.49. The number of alkyl halides is 1. The van der Waals surface area contributed by atoms with Gasteiger partial charge in [0.15, 0.2) is 12.6 Å².